The van der Waals surface area contributed by atoms with Crippen molar-refractivity contribution in [2.24, 2.45) is 0 Å². The van der Waals surface area contributed by atoms with E-state index in [1.54, 1.807) is 11.8 Å². The van der Waals surface area contributed by atoms with Crippen LogP contribution < -0.4 is 10.6 Å². The van der Waals surface area contributed by atoms with E-state index in [0.717, 1.165) is 52.7 Å². The molecule has 1 amide bonds. The first-order valence-electron chi connectivity index (χ1n) is 11.5. The van der Waals surface area contributed by atoms with Crippen LogP contribution in [0.25, 0.3) is 0 Å². The summed E-state index contributed by atoms with van der Waals surface area (Å²) in [7, 11) is 0. The molecule has 33 heavy (non-hydrogen) atoms. The first-order chi connectivity index (χ1) is 16.0. The van der Waals surface area contributed by atoms with Gasteiger partial charge in [-0.2, -0.15) is 4.98 Å². The van der Waals surface area contributed by atoms with Crippen molar-refractivity contribution in [3.8, 4) is 0 Å². The summed E-state index contributed by atoms with van der Waals surface area (Å²) in [6.07, 6.45) is 3.22. The van der Waals surface area contributed by atoms with Crippen LogP contribution in [-0.4, -0.2) is 26.4 Å². The normalized spacial score (nSPS) is 15.2. The van der Waals surface area contributed by atoms with Crippen LogP contribution in [0.15, 0.2) is 65.0 Å². The molecule has 1 aromatic heterocycles. The van der Waals surface area contributed by atoms with E-state index < -0.39 is 0 Å². The van der Waals surface area contributed by atoms with Crippen molar-refractivity contribution >= 4 is 29.3 Å². The summed E-state index contributed by atoms with van der Waals surface area (Å²) in [5, 5.41) is 11.9. The number of hydrogen-bond donors (Lipinski definition) is 2. The Hall–Kier alpha value is -3.06. The molecule has 0 aliphatic carbocycles. The Labute approximate surface area is 199 Å². The minimum absolute atomic E-state index is 0.142. The Kier molecular flexibility index (Phi) is 7.18. The Balaban J connectivity index is 1.72. The molecule has 2 heterocycles. The number of carbonyl (C=O) groups is 1. The van der Waals surface area contributed by atoms with E-state index >= 15 is 0 Å². The lowest BCUT2D eigenvalue weighted by Crippen LogP contribution is -2.31. The number of nitrogens with zero attached hydrogens (tertiary/aromatic N) is 3. The maximum atomic E-state index is 13.5. The number of carbonyl (C=O) groups excluding carboxylic acids is 1. The number of thioether (sulfide) groups is 1. The molecule has 1 atom stereocenters. The molecule has 1 aliphatic heterocycles. The number of aromatic nitrogens is 3. The summed E-state index contributed by atoms with van der Waals surface area (Å²) in [6.45, 7) is 8.26. The van der Waals surface area contributed by atoms with Crippen LogP contribution in [0.2, 0.25) is 0 Å². The fourth-order valence-electron chi connectivity index (χ4n) is 3.96. The second kappa shape index (κ2) is 10.3. The van der Waals surface area contributed by atoms with Gasteiger partial charge in [0.2, 0.25) is 11.1 Å². The average Bonchev–Trinajstić information content (AvgIpc) is 3.20. The van der Waals surface area contributed by atoms with Gasteiger partial charge >= 0.3 is 0 Å². The third-order valence-corrected chi connectivity index (χ3v) is 6.71. The number of amides is 1. The second-order valence-electron chi connectivity index (χ2n) is 8.35. The van der Waals surface area contributed by atoms with Crippen molar-refractivity contribution in [3.63, 3.8) is 0 Å². The van der Waals surface area contributed by atoms with E-state index in [1.807, 2.05) is 42.8 Å². The standard InChI is InChI=1S/C26H31N5OS/c1-5-7-15-33-26-29-25-27-18(4)22(24(32)28-21-10-8-9-17(3)16-21)23(31(25)30-26)20-13-11-19(6-2)12-14-20/h8-14,16,23H,5-7,15H2,1-4H3,(H,28,32)(H,27,29,30). The van der Waals surface area contributed by atoms with Crippen molar-refractivity contribution in [2.75, 3.05) is 16.4 Å². The largest absolute Gasteiger partial charge is 0.328 e. The zero-order valence-corrected chi connectivity index (χ0v) is 20.5. The number of hydrogen-bond acceptors (Lipinski definition) is 5. The number of allylic oxidation sites excluding steroid dienone is 1. The molecule has 1 unspecified atom stereocenters. The average molecular weight is 462 g/mol. The van der Waals surface area contributed by atoms with E-state index in [-0.39, 0.29) is 11.9 Å². The van der Waals surface area contributed by atoms with E-state index in [2.05, 4.69) is 48.7 Å². The molecule has 6 nitrogen and oxygen atoms in total. The van der Waals surface area contributed by atoms with Crippen LogP contribution >= 0.6 is 11.8 Å². The van der Waals surface area contributed by atoms with Gasteiger partial charge in [0, 0.05) is 17.1 Å². The highest BCUT2D eigenvalue weighted by Crippen LogP contribution is 2.37. The van der Waals surface area contributed by atoms with Crippen molar-refractivity contribution in [3.05, 3.63) is 76.5 Å². The van der Waals surface area contributed by atoms with Gasteiger partial charge in [-0.1, -0.05) is 68.4 Å². The molecule has 172 valence electrons. The van der Waals surface area contributed by atoms with Gasteiger partial charge in [0.15, 0.2) is 0 Å². The smallest absolute Gasteiger partial charge is 0.255 e. The molecular weight excluding hydrogens is 430 g/mol. The van der Waals surface area contributed by atoms with Crippen LogP contribution in [0.3, 0.4) is 0 Å². The first-order valence-corrected chi connectivity index (χ1v) is 12.5. The van der Waals surface area contributed by atoms with Gasteiger partial charge in [-0.3, -0.25) is 4.79 Å². The van der Waals surface area contributed by atoms with Crippen LogP contribution in [0.1, 0.15) is 56.3 Å². The van der Waals surface area contributed by atoms with Gasteiger partial charge in [0.05, 0.1) is 5.57 Å². The number of nitrogens with one attached hydrogen (secondary N) is 2. The third kappa shape index (κ3) is 5.14. The summed E-state index contributed by atoms with van der Waals surface area (Å²) in [6, 6.07) is 15.9. The van der Waals surface area contributed by atoms with E-state index in [9.17, 15) is 4.79 Å². The first kappa shape index (κ1) is 23.1. The summed E-state index contributed by atoms with van der Waals surface area (Å²) < 4.78 is 1.85. The molecule has 0 bridgehead atoms. The van der Waals surface area contributed by atoms with Crippen LogP contribution in [0.5, 0.6) is 0 Å². The van der Waals surface area contributed by atoms with E-state index in [4.69, 9.17) is 10.1 Å². The molecule has 7 heteroatoms. The zero-order chi connectivity index (χ0) is 23.4. The lowest BCUT2D eigenvalue weighted by molar-refractivity contribution is -0.113. The predicted molar refractivity (Wildman–Crippen MR) is 136 cm³/mol. The zero-order valence-electron chi connectivity index (χ0n) is 19.7. The minimum atomic E-state index is -0.356. The Morgan fingerprint density at radius 2 is 1.94 bits per heavy atom. The molecule has 0 saturated heterocycles. The van der Waals surface area contributed by atoms with Gasteiger partial charge in [0.25, 0.3) is 5.91 Å². The highest BCUT2D eigenvalue weighted by molar-refractivity contribution is 7.99. The summed E-state index contributed by atoms with van der Waals surface area (Å²) in [5.74, 6) is 1.50. The van der Waals surface area contributed by atoms with Gasteiger partial charge in [-0.05, 0) is 55.5 Å². The van der Waals surface area contributed by atoms with Crippen molar-refractivity contribution in [2.45, 2.75) is 58.2 Å². The Bertz CT molecular complexity index is 1170. The van der Waals surface area contributed by atoms with Crippen LogP contribution in [-0.2, 0) is 11.2 Å². The van der Waals surface area contributed by atoms with E-state index in [1.165, 1.54) is 5.56 Å². The van der Waals surface area contributed by atoms with Gasteiger partial charge in [-0.15, -0.1) is 5.10 Å². The second-order valence-corrected chi connectivity index (χ2v) is 9.41. The molecule has 2 aromatic carbocycles. The molecular formula is C26H31N5OS. The number of rotatable bonds is 8. The topological polar surface area (TPSA) is 71.8 Å². The summed E-state index contributed by atoms with van der Waals surface area (Å²) in [5.41, 5.74) is 5.57. The number of unbranched alkanes of at least 4 members (excludes halogenated alkanes) is 1. The van der Waals surface area contributed by atoms with Gasteiger partial charge < -0.3 is 10.6 Å². The Morgan fingerprint density at radius 1 is 1.15 bits per heavy atom. The quantitative estimate of drug-likeness (QED) is 0.319. The Morgan fingerprint density at radius 3 is 2.64 bits per heavy atom. The molecule has 0 fully saturated rings. The number of fused-ring (bicyclic) bond motifs is 1. The third-order valence-electron chi connectivity index (χ3n) is 5.79. The summed E-state index contributed by atoms with van der Waals surface area (Å²) in [4.78, 5) is 18.3. The fourth-order valence-corrected chi connectivity index (χ4v) is 4.87. The fraction of sp³-hybridized carbons (Fsp3) is 0.346. The van der Waals surface area contributed by atoms with Crippen LogP contribution in [0, 0.1) is 6.92 Å². The van der Waals surface area contributed by atoms with Crippen molar-refractivity contribution < 1.29 is 4.79 Å². The van der Waals surface area contributed by atoms with Crippen LogP contribution in [0.4, 0.5) is 11.6 Å². The number of anilines is 2. The molecule has 4 rings (SSSR count). The highest BCUT2D eigenvalue weighted by atomic mass is 32.2. The molecule has 0 radical (unpaired) electrons. The monoisotopic (exact) mass is 461 g/mol. The SMILES string of the molecule is CCCCSc1nc2n(n1)C(c1ccc(CC)cc1)C(C(=O)Nc1cccc(C)c1)=C(C)N2. The molecule has 0 spiro atoms. The highest BCUT2D eigenvalue weighted by Gasteiger charge is 2.34. The molecule has 0 saturated carbocycles. The van der Waals surface area contributed by atoms with E-state index in [0.29, 0.717) is 11.5 Å². The minimum Gasteiger partial charge on any atom is -0.328 e. The van der Waals surface area contributed by atoms with Gasteiger partial charge in [-0.25, -0.2) is 4.68 Å². The maximum absolute atomic E-state index is 13.5. The van der Waals surface area contributed by atoms with Crippen molar-refractivity contribution in [1.29, 1.82) is 0 Å². The molecule has 1 aliphatic rings. The number of aryl methyl sites for hydroxylation is 2. The summed E-state index contributed by atoms with van der Waals surface area (Å²) >= 11 is 1.65. The molecule has 2 N–H and O–H groups in total. The number of benzene rings is 2. The molecule has 3 aromatic rings. The lowest BCUT2D eigenvalue weighted by atomic mass is 9.94. The predicted octanol–water partition coefficient (Wildman–Crippen LogP) is 5.97. The van der Waals surface area contributed by atoms with Gasteiger partial charge in [0.1, 0.15) is 6.04 Å². The lowest BCUT2D eigenvalue weighted by Gasteiger charge is -2.28. The van der Waals surface area contributed by atoms with Crippen molar-refractivity contribution in [1.82, 2.24) is 14.8 Å². The maximum Gasteiger partial charge on any atom is 0.255 e.